The van der Waals surface area contributed by atoms with Gasteiger partial charge in [0.1, 0.15) is 6.04 Å². The minimum Gasteiger partial charge on any atom is -0.494 e. The fraction of sp³-hybridized carbons (Fsp3) is 0.417. The van der Waals surface area contributed by atoms with Crippen molar-refractivity contribution in [3.63, 3.8) is 0 Å². The van der Waals surface area contributed by atoms with E-state index in [0.717, 1.165) is 0 Å². The summed E-state index contributed by atoms with van der Waals surface area (Å²) >= 11 is 0. The van der Waals surface area contributed by atoms with E-state index in [1.807, 2.05) is 13.8 Å². The molecule has 0 fully saturated rings. The molecule has 2 N–H and O–H groups in total. The van der Waals surface area contributed by atoms with Crippen LogP contribution in [-0.4, -0.2) is 24.2 Å². The summed E-state index contributed by atoms with van der Waals surface area (Å²) in [7, 11) is 1.36. The molecule has 0 bridgehead atoms. The second kappa shape index (κ2) is 5.63. The van der Waals surface area contributed by atoms with Gasteiger partial charge in [0.25, 0.3) is 0 Å². The summed E-state index contributed by atoms with van der Waals surface area (Å²) in [5, 5.41) is 11.9. The Morgan fingerprint density at radius 3 is 2.53 bits per heavy atom. The third-order valence-electron chi connectivity index (χ3n) is 2.26. The van der Waals surface area contributed by atoms with E-state index in [4.69, 9.17) is 9.84 Å². The summed E-state index contributed by atoms with van der Waals surface area (Å²) in [4.78, 5) is 11.1. The molecule has 0 spiro atoms. The molecule has 5 heteroatoms. The van der Waals surface area contributed by atoms with Crippen molar-refractivity contribution < 1.29 is 19.0 Å². The normalized spacial score (nSPS) is 12.5. The molecule has 0 radical (unpaired) electrons. The Morgan fingerprint density at radius 1 is 1.47 bits per heavy atom. The summed E-state index contributed by atoms with van der Waals surface area (Å²) in [5.74, 6) is -1.51. The number of carbonyl (C=O) groups is 1. The average Bonchev–Trinajstić information content (AvgIpc) is 2.25. The highest BCUT2D eigenvalue weighted by Gasteiger charge is 2.21. The van der Waals surface area contributed by atoms with Crippen LogP contribution in [0.4, 0.5) is 4.39 Å². The van der Waals surface area contributed by atoms with Gasteiger partial charge in [-0.3, -0.25) is 10.1 Å². The van der Waals surface area contributed by atoms with Crippen LogP contribution in [0.1, 0.15) is 25.5 Å². The van der Waals surface area contributed by atoms with Crippen molar-refractivity contribution in [3.8, 4) is 5.75 Å². The number of nitrogens with one attached hydrogen (secondary N) is 1. The Morgan fingerprint density at radius 2 is 2.12 bits per heavy atom. The molecule has 1 unspecified atom stereocenters. The first-order valence-electron chi connectivity index (χ1n) is 5.28. The number of methoxy groups -OCH3 is 1. The van der Waals surface area contributed by atoms with Crippen LogP contribution < -0.4 is 10.1 Å². The lowest BCUT2D eigenvalue weighted by atomic mass is 10.1. The molecule has 0 aliphatic carbocycles. The van der Waals surface area contributed by atoms with E-state index in [9.17, 15) is 9.18 Å². The van der Waals surface area contributed by atoms with Gasteiger partial charge < -0.3 is 9.84 Å². The average molecular weight is 241 g/mol. The number of halogens is 1. The van der Waals surface area contributed by atoms with Gasteiger partial charge in [-0.2, -0.15) is 0 Å². The maximum Gasteiger partial charge on any atom is 0.325 e. The summed E-state index contributed by atoms with van der Waals surface area (Å²) in [5.41, 5.74) is 0.365. The van der Waals surface area contributed by atoms with Crippen LogP contribution in [0.15, 0.2) is 18.2 Å². The summed E-state index contributed by atoms with van der Waals surface area (Å²) in [6.07, 6.45) is 0. The SMILES string of the molecule is COc1ccc(C(NC(C)C)C(=O)O)cc1F. The van der Waals surface area contributed by atoms with Gasteiger partial charge in [0.15, 0.2) is 11.6 Å². The number of hydrogen-bond acceptors (Lipinski definition) is 3. The zero-order valence-electron chi connectivity index (χ0n) is 10.0. The van der Waals surface area contributed by atoms with Crippen LogP contribution in [0, 0.1) is 5.82 Å². The molecule has 0 aliphatic heterocycles. The lowest BCUT2D eigenvalue weighted by Gasteiger charge is -2.18. The van der Waals surface area contributed by atoms with Crippen molar-refractivity contribution in [3.05, 3.63) is 29.6 Å². The van der Waals surface area contributed by atoms with Gasteiger partial charge in [-0.1, -0.05) is 6.07 Å². The van der Waals surface area contributed by atoms with Gasteiger partial charge in [-0.05, 0) is 31.5 Å². The molecule has 0 saturated carbocycles. The highest BCUT2D eigenvalue weighted by atomic mass is 19.1. The monoisotopic (exact) mass is 241 g/mol. The van der Waals surface area contributed by atoms with Gasteiger partial charge in [0, 0.05) is 6.04 Å². The molecule has 0 amide bonds. The van der Waals surface area contributed by atoms with Crippen LogP contribution in [0.25, 0.3) is 0 Å². The van der Waals surface area contributed by atoms with Crippen LogP contribution in [0.3, 0.4) is 0 Å². The van der Waals surface area contributed by atoms with Gasteiger partial charge in [0.05, 0.1) is 7.11 Å². The van der Waals surface area contributed by atoms with E-state index in [-0.39, 0.29) is 11.8 Å². The van der Waals surface area contributed by atoms with E-state index < -0.39 is 17.8 Å². The Bertz CT molecular complexity index is 407. The Balaban J connectivity index is 3.02. The Kier molecular flexibility index (Phi) is 4.45. The fourth-order valence-corrected chi connectivity index (χ4v) is 1.51. The van der Waals surface area contributed by atoms with Gasteiger partial charge >= 0.3 is 5.97 Å². The number of carboxylic acids is 1. The molecule has 0 aromatic heterocycles. The standard InChI is InChI=1S/C12H16FNO3/c1-7(2)14-11(12(15)16)8-4-5-10(17-3)9(13)6-8/h4-7,11,14H,1-3H3,(H,15,16). The Labute approximate surface area is 99.4 Å². The lowest BCUT2D eigenvalue weighted by molar-refractivity contribution is -0.139. The smallest absolute Gasteiger partial charge is 0.325 e. The van der Waals surface area contributed by atoms with Crippen LogP contribution in [0.5, 0.6) is 5.75 Å². The molecule has 1 aromatic carbocycles. The third kappa shape index (κ3) is 3.42. The zero-order valence-corrected chi connectivity index (χ0v) is 10.0. The van der Waals surface area contributed by atoms with Gasteiger partial charge in [-0.15, -0.1) is 0 Å². The topological polar surface area (TPSA) is 58.6 Å². The van der Waals surface area contributed by atoms with E-state index in [2.05, 4.69) is 5.32 Å². The van der Waals surface area contributed by atoms with E-state index in [0.29, 0.717) is 5.56 Å². The van der Waals surface area contributed by atoms with Crippen molar-refractivity contribution in [1.82, 2.24) is 5.32 Å². The molecular weight excluding hydrogens is 225 g/mol. The largest absolute Gasteiger partial charge is 0.494 e. The van der Waals surface area contributed by atoms with Crippen molar-refractivity contribution in [1.29, 1.82) is 0 Å². The molecule has 94 valence electrons. The van der Waals surface area contributed by atoms with Crippen molar-refractivity contribution in [2.45, 2.75) is 25.9 Å². The predicted molar refractivity (Wildman–Crippen MR) is 61.6 cm³/mol. The highest BCUT2D eigenvalue weighted by molar-refractivity contribution is 5.75. The number of benzene rings is 1. The molecule has 17 heavy (non-hydrogen) atoms. The van der Waals surface area contributed by atoms with E-state index in [1.165, 1.54) is 25.3 Å². The van der Waals surface area contributed by atoms with Crippen molar-refractivity contribution in [2.24, 2.45) is 0 Å². The summed E-state index contributed by atoms with van der Waals surface area (Å²) < 4.78 is 18.2. The maximum absolute atomic E-state index is 13.5. The molecule has 4 nitrogen and oxygen atoms in total. The second-order valence-electron chi connectivity index (χ2n) is 3.99. The van der Waals surface area contributed by atoms with Gasteiger partial charge in [0.2, 0.25) is 0 Å². The van der Waals surface area contributed by atoms with Crippen LogP contribution >= 0.6 is 0 Å². The summed E-state index contributed by atoms with van der Waals surface area (Å²) in [6, 6.07) is 3.20. The summed E-state index contributed by atoms with van der Waals surface area (Å²) in [6.45, 7) is 3.66. The minimum absolute atomic E-state index is 0.0127. The van der Waals surface area contributed by atoms with E-state index >= 15 is 0 Å². The third-order valence-corrected chi connectivity index (χ3v) is 2.26. The Hall–Kier alpha value is -1.62. The van der Waals surface area contributed by atoms with Gasteiger partial charge in [-0.25, -0.2) is 4.39 Å². The number of rotatable bonds is 5. The number of aliphatic carboxylic acids is 1. The fourth-order valence-electron chi connectivity index (χ4n) is 1.51. The minimum atomic E-state index is -1.04. The zero-order chi connectivity index (χ0) is 13.0. The maximum atomic E-state index is 13.5. The number of ether oxygens (including phenoxy) is 1. The molecule has 1 aromatic rings. The first-order valence-corrected chi connectivity index (χ1v) is 5.28. The molecule has 0 heterocycles. The number of hydrogen-bond donors (Lipinski definition) is 2. The lowest BCUT2D eigenvalue weighted by Crippen LogP contribution is -2.33. The van der Waals surface area contributed by atoms with Crippen molar-refractivity contribution >= 4 is 5.97 Å². The first kappa shape index (κ1) is 13.4. The second-order valence-corrected chi connectivity index (χ2v) is 3.99. The quantitative estimate of drug-likeness (QED) is 0.827. The molecule has 1 rings (SSSR count). The molecular formula is C12H16FNO3. The van der Waals surface area contributed by atoms with Crippen LogP contribution in [-0.2, 0) is 4.79 Å². The highest BCUT2D eigenvalue weighted by Crippen LogP contribution is 2.22. The number of carboxylic acid groups (broad SMARTS) is 1. The van der Waals surface area contributed by atoms with Crippen LogP contribution in [0.2, 0.25) is 0 Å². The van der Waals surface area contributed by atoms with E-state index in [1.54, 1.807) is 0 Å². The molecule has 1 atom stereocenters. The predicted octanol–water partition coefficient (Wildman–Crippen LogP) is 1.96. The first-order chi connectivity index (χ1) is 7.95. The molecule has 0 saturated heterocycles. The van der Waals surface area contributed by atoms with Crippen molar-refractivity contribution in [2.75, 3.05) is 7.11 Å². The molecule has 0 aliphatic rings.